The average molecular weight is 323 g/mol. The lowest BCUT2D eigenvalue weighted by molar-refractivity contribution is -0.147. The van der Waals surface area contributed by atoms with Gasteiger partial charge in [-0.25, -0.2) is 0 Å². The second-order valence-corrected chi connectivity index (χ2v) is 7.00. The summed E-state index contributed by atoms with van der Waals surface area (Å²) < 4.78 is 0. The van der Waals surface area contributed by atoms with Crippen molar-refractivity contribution in [1.29, 1.82) is 0 Å². The summed E-state index contributed by atoms with van der Waals surface area (Å²) in [5.41, 5.74) is -0.442. The quantitative estimate of drug-likeness (QED) is 0.865. The van der Waals surface area contributed by atoms with E-state index < -0.39 is 5.41 Å². The molecule has 0 saturated carbocycles. The van der Waals surface area contributed by atoms with Crippen LogP contribution in [0.15, 0.2) is 24.3 Å². The molecular formula is C17H23ClN2O2. The van der Waals surface area contributed by atoms with Crippen LogP contribution in [0.2, 0.25) is 5.02 Å². The molecule has 1 N–H and O–H groups in total. The molecule has 0 radical (unpaired) electrons. The zero-order valence-electron chi connectivity index (χ0n) is 13.4. The topological polar surface area (TPSA) is 49.4 Å². The number of halogens is 1. The molecule has 0 unspecified atom stereocenters. The molecule has 1 aliphatic rings. The molecule has 0 spiro atoms. The lowest BCUT2D eigenvalue weighted by Crippen LogP contribution is -2.49. The fourth-order valence-electron chi connectivity index (χ4n) is 2.52. The number of piperidine rings is 1. The van der Waals surface area contributed by atoms with Crippen molar-refractivity contribution in [3.63, 3.8) is 0 Å². The van der Waals surface area contributed by atoms with Gasteiger partial charge in [-0.05, 0) is 56.9 Å². The summed E-state index contributed by atoms with van der Waals surface area (Å²) in [6.45, 7) is 7.02. The largest absolute Gasteiger partial charge is 0.342 e. The average Bonchev–Trinajstić information content (AvgIpc) is 2.49. The van der Waals surface area contributed by atoms with Crippen molar-refractivity contribution < 1.29 is 9.59 Å². The third-order valence-corrected chi connectivity index (χ3v) is 4.53. The molecule has 2 amide bonds. The number of benzene rings is 1. The first kappa shape index (κ1) is 16.8. The number of carbonyl (C=O) groups is 2. The molecule has 1 heterocycles. The van der Waals surface area contributed by atoms with E-state index in [1.807, 2.05) is 0 Å². The van der Waals surface area contributed by atoms with E-state index in [9.17, 15) is 9.59 Å². The standard InChI is InChI=1S/C17H23ClN2O2/c1-12-8-10-20(11-9-12)16(22)17(2,3)15(21)19-14-6-4-13(18)5-7-14/h4-7,12H,8-11H2,1-3H3,(H,19,21). The maximum absolute atomic E-state index is 12.7. The zero-order chi connectivity index (χ0) is 16.3. The molecule has 120 valence electrons. The number of nitrogens with zero attached hydrogens (tertiary/aromatic N) is 1. The number of hydrogen-bond donors (Lipinski definition) is 1. The van der Waals surface area contributed by atoms with Gasteiger partial charge < -0.3 is 10.2 Å². The Labute approximate surface area is 136 Å². The van der Waals surface area contributed by atoms with E-state index in [-0.39, 0.29) is 11.8 Å². The number of amides is 2. The Morgan fingerprint density at radius 1 is 1.18 bits per heavy atom. The molecule has 0 aromatic heterocycles. The second-order valence-electron chi connectivity index (χ2n) is 6.56. The van der Waals surface area contributed by atoms with Crippen LogP contribution in [0.5, 0.6) is 0 Å². The van der Waals surface area contributed by atoms with Crippen LogP contribution in [0.3, 0.4) is 0 Å². The summed E-state index contributed by atoms with van der Waals surface area (Å²) in [4.78, 5) is 26.9. The number of hydrogen-bond acceptors (Lipinski definition) is 2. The third-order valence-electron chi connectivity index (χ3n) is 4.28. The van der Waals surface area contributed by atoms with Crippen LogP contribution in [0.1, 0.15) is 33.6 Å². The highest BCUT2D eigenvalue weighted by molar-refractivity contribution is 6.30. The van der Waals surface area contributed by atoms with Gasteiger partial charge in [-0.2, -0.15) is 0 Å². The number of likely N-dealkylation sites (tertiary alicyclic amines) is 1. The summed E-state index contributed by atoms with van der Waals surface area (Å²) in [6, 6.07) is 6.86. The van der Waals surface area contributed by atoms with Crippen molar-refractivity contribution in [2.24, 2.45) is 11.3 Å². The molecule has 0 bridgehead atoms. The molecule has 1 aromatic rings. The van der Waals surface area contributed by atoms with E-state index >= 15 is 0 Å². The molecule has 5 heteroatoms. The van der Waals surface area contributed by atoms with Crippen molar-refractivity contribution in [2.45, 2.75) is 33.6 Å². The van der Waals surface area contributed by atoms with E-state index in [2.05, 4.69) is 12.2 Å². The van der Waals surface area contributed by atoms with Crippen molar-refractivity contribution in [2.75, 3.05) is 18.4 Å². The summed E-state index contributed by atoms with van der Waals surface area (Å²) in [5, 5.41) is 3.40. The predicted octanol–water partition coefficient (Wildman–Crippen LogP) is 3.56. The molecule has 1 fully saturated rings. The van der Waals surface area contributed by atoms with Gasteiger partial charge in [0.05, 0.1) is 0 Å². The van der Waals surface area contributed by atoms with Crippen molar-refractivity contribution in [3.05, 3.63) is 29.3 Å². The Kier molecular flexibility index (Phi) is 5.12. The van der Waals surface area contributed by atoms with Gasteiger partial charge in [0, 0.05) is 23.8 Å². The molecule has 1 aromatic carbocycles. The second kappa shape index (κ2) is 6.69. The minimum Gasteiger partial charge on any atom is -0.342 e. The predicted molar refractivity (Wildman–Crippen MR) is 88.8 cm³/mol. The van der Waals surface area contributed by atoms with E-state index in [0.717, 1.165) is 25.9 Å². The smallest absolute Gasteiger partial charge is 0.239 e. The molecule has 4 nitrogen and oxygen atoms in total. The maximum Gasteiger partial charge on any atom is 0.239 e. The number of anilines is 1. The fourth-order valence-corrected chi connectivity index (χ4v) is 2.65. The Morgan fingerprint density at radius 3 is 2.27 bits per heavy atom. The van der Waals surface area contributed by atoms with E-state index in [4.69, 9.17) is 11.6 Å². The SMILES string of the molecule is CC1CCN(C(=O)C(C)(C)C(=O)Nc2ccc(Cl)cc2)CC1. The minimum atomic E-state index is -1.08. The molecular weight excluding hydrogens is 300 g/mol. The van der Waals surface area contributed by atoms with Gasteiger partial charge in [-0.3, -0.25) is 9.59 Å². The summed E-state index contributed by atoms with van der Waals surface area (Å²) in [5.74, 6) is 0.249. The maximum atomic E-state index is 12.7. The van der Waals surface area contributed by atoms with Gasteiger partial charge in [-0.15, -0.1) is 0 Å². The van der Waals surface area contributed by atoms with Crippen molar-refractivity contribution in [3.8, 4) is 0 Å². The Morgan fingerprint density at radius 2 is 1.73 bits per heavy atom. The fraction of sp³-hybridized carbons (Fsp3) is 0.529. The zero-order valence-corrected chi connectivity index (χ0v) is 14.1. The number of nitrogens with one attached hydrogen (secondary N) is 1. The highest BCUT2D eigenvalue weighted by Crippen LogP contribution is 2.26. The lowest BCUT2D eigenvalue weighted by atomic mass is 9.88. The monoisotopic (exact) mass is 322 g/mol. The highest BCUT2D eigenvalue weighted by Gasteiger charge is 2.39. The highest BCUT2D eigenvalue weighted by atomic mass is 35.5. The minimum absolute atomic E-state index is 0.106. The molecule has 2 rings (SSSR count). The first-order chi connectivity index (χ1) is 10.3. The van der Waals surface area contributed by atoms with Crippen LogP contribution >= 0.6 is 11.6 Å². The summed E-state index contributed by atoms with van der Waals surface area (Å²) >= 11 is 5.83. The lowest BCUT2D eigenvalue weighted by Gasteiger charge is -2.35. The van der Waals surface area contributed by atoms with Crippen LogP contribution in [-0.2, 0) is 9.59 Å². The Balaban J connectivity index is 2.03. The third kappa shape index (κ3) is 3.80. The van der Waals surface area contributed by atoms with Gasteiger partial charge in [0.1, 0.15) is 5.41 Å². The first-order valence-electron chi connectivity index (χ1n) is 7.67. The van der Waals surface area contributed by atoms with Crippen LogP contribution in [0, 0.1) is 11.3 Å². The van der Waals surface area contributed by atoms with Gasteiger partial charge in [0.2, 0.25) is 11.8 Å². The van der Waals surface area contributed by atoms with Gasteiger partial charge in [0.15, 0.2) is 0 Å². The molecule has 1 saturated heterocycles. The summed E-state index contributed by atoms with van der Waals surface area (Å²) in [6.07, 6.45) is 2.00. The van der Waals surface area contributed by atoms with Crippen LogP contribution in [0.25, 0.3) is 0 Å². The van der Waals surface area contributed by atoms with E-state index in [1.54, 1.807) is 43.0 Å². The van der Waals surface area contributed by atoms with Crippen LogP contribution in [0.4, 0.5) is 5.69 Å². The molecule has 0 atom stereocenters. The van der Waals surface area contributed by atoms with Crippen molar-refractivity contribution in [1.82, 2.24) is 4.90 Å². The van der Waals surface area contributed by atoms with Gasteiger partial charge >= 0.3 is 0 Å². The normalized spacial score (nSPS) is 16.5. The Hall–Kier alpha value is -1.55. The molecule has 1 aliphatic heterocycles. The van der Waals surface area contributed by atoms with E-state index in [1.165, 1.54) is 0 Å². The van der Waals surface area contributed by atoms with Crippen molar-refractivity contribution >= 4 is 29.1 Å². The van der Waals surface area contributed by atoms with Gasteiger partial charge in [0.25, 0.3) is 0 Å². The van der Waals surface area contributed by atoms with Crippen LogP contribution < -0.4 is 5.32 Å². The van der Waals surface area contributed by atoms with Crippen LogP contribution in [-0.4, -0.2) is 29.8 Å². The number of rotatable bonds is 3. The van der Waals surface area contributed by atoms with Gasteiger partial charge in [-0.1, -0.05) is 18.5 Å². The molecule has 22 heavy (non-hydrogen) atoms. The number of carbonyl (C=O) groups excluding carboxylic acids is 2. The molecule has 0 aliphatic carbocycles. The first-order valence-corrected chi connectivity index (χ1v) is 8.05. The summed E-state index contributed by atoms with van der Waals surface area (Å²) in [7, 11) is 0. The van der Waals surface area contributed by atoms with E-state index in [0.29, 0.717) is 16.6 Å². The Bertz CT molecular complexity index is 546.